The maximum absolute atomic E-state index is 5.46. The van der Waals surface area contributed by atoms with Crippen LogP contribution in [0.2, 0.25) is 0 Å². The monoisotopic (exact) mass is 319 g/mol. The van der Waals surface area contributed by atoms with Gasteiger partial charge in [0, 0.05) is 6.04 Å². The first-order chi connectivity index (χ1) is 6.75. The average molecular weight is 321 g/mol. The van der Waals surface area contributed by atoms with Crippen molar-refractivity contribution in [2.24, 2.45) is 0 Å². The van der Waals surface area contributed by atoms with Gasteiger partial charge in [-0.05, 0) is 50.8 Å². The van der Waals surface area contributed by atoms with Crippen LogP contribution in [0.1, 0.15) is 18.6 Å². The van der Waals surface area contributed by atoms with Gasteiger partial charge >= 0.3 is 0 Å². The predicted octanol–water partition coefficient (Wildman–Crippen LogP) is 3.61. The van der Waals surface area contributed by atoms with Crippen molar-refractivity contribution in [3.05, 3.63) is 33.1 Å². The molecule has 2 rings (SSSR count). The molecule has 0 bridgehead atoms. The summed E-state index contributed by atoms with van der Waals surface area (Å²) in [4.78, 5) is 0. The Bertz CT molecular complexity index is 318. The van der Waals surface area contributed by atoms with Crippen LogP contribution in [0.5, 0.6) is 0 Å². The van der Waals surface area contributed by atoms with Gasteiger partial charge in [-0.25, -0.2) is 0 Å². The summed E-state index contributed by atoms with van der Waals surface area (Å²) in [5.41, 5.74) is 0. The number of hydrogen-bond donors (Lipinski definition) is 1. The number of halogens is 2. The smallest absolute Gasteiger partial charge is 0.183 e. The van der Waals surface area contributed by atoms with Gasteiger partial charge in [0.05, 0.1) is 11.0 Å². The SMILES string of the molecule is Brc1cc(CNC2CC=CC2)oc1Br. The van der Waals surface area contributed by atoms with Gasteiger partial charge in [-0.2, -0.15) is 0 Å². The van der Waals surface area contributed by atoms with Crippen LogP contribution in [-0.4, -0.2) is 6.04 Å². The Balaban J connectivity index is 1.85. The Kier molecular flexibility index (Phi) is 3.47. The summed E-state index contributed by atoms with van der Waals surface area (Å²) >= 11 is 6.70. The van der Waals surface area contributed by atoms with Gasteiger partial charge < -0.3 is 9.73 Å². The van der Waals surface area contributed by atoms with Crippen LogP contribution < -0.4 is 5.32 Å². The van der Waals surface area contributed by atoms with Gasteiger partial charge in [0.2, 0.25) is 0 Å². The highest BCUT2D eigenvalue weighted by atomic mass is 79.9. The summed E-state index contributed by atoms with van der Waals surface area (Å²) in [5.74, 6) is 0.954. The van der Waals surface area contributed by atoms with Gasteiger partial charge in [0.25, 0.3) is 0 Å². The van der Waals surface area contributed by atoms with E-state index in [-0.39, 0.29) is 0 Å². The van der Waals surface area contributed by atoms with Crippen LogP contribution in [0, 0.1) is 0 Å². The Morgan fingerprint density at radius 1 is 1.36 bits per heavy atom. The van der Waals surface area contributed by atoms with Gasteiger partial charge in [0.1, 0.15) is 5.76 Å². The van der Waals surface area contributed by atoms with Crippen molar-refractivity contribution in [2.45, 2.75) is 25.4 Å². The van der Waals surface area contributed by atoms with Crippen LogP contribution in [0.25, 0.3) is 0 Å². The lowest BCUT2D eigenvalue weighted by molar-refractivity contribution is 0.438. The van der Waals surface area contributed by atoms with Crippen molar-refractivity contribution in [3.63, 3.8) is 0 Å². The topological polar surface area (TPSA) is 25.2 Å². The molecule has 0 unspecified atom stereocenters. The van der Waals surface area contributed by atoms with E-state index in [0.717, 1.165) is 34.3 Å². The Labute approximate surface area is 100 Å². The maximum atomic E-state index is 5.46. The molecular weight excluding hydrogens is 310 g/mol. The molecule has 0 saturated carbocycles. The van der Waals surface area contributed by atoms with Crippen LogP contribution in [0.4, 0.5) is 0 Å². The first-order valence-electron chi connectivity index (χ1n) is 4.58. The summed E-state index contributed by atoms with van der Waals surface area (Å²) < 4.78 is 7.19. The minimum atomic E-state index is 0.581. The fourth-order valence-electron chi connectivity index (χ4n) is 1.51. The molecule has 1 aromatic rings. The van der Waals surface area contributed by atoms with Crippen molar-refractivity contribution in [1.82, 2.24) is 5.32 Å². The van der Waals surface area contributed by atoms with E-state index in [1.807, 2.05) is 6.07 Å². The third-order valence-corrected chi connectivity index (χ3v) is 3.98. The molecule has 0 radical (unpaired) electrons. The van der Waals surface area contributed by atoms with Crippen molar-refractivity contribution in [3.8, 4) is 0 Å². The number of rotatable bonds is 3. The zero-order valence-corrected chi connectivity index (χ0v) is 10.8. The molecule has 2 nitrogen and oxygen atoms in total. The van der Waals surface area contributed by atoms with E-state index < -0.39 is 0 Å². The highest BCUT2D eigenvalue weighted by Gasteiger charge is 2.11. The van der Waals surface area contributed by atoms with Gasteiger partial charge in [-0.15, -0.1) is 0 Å². The largest absolute Gasteiger partial charge is 0.452 e. The molecule has 0 saturated heterocycles. The second-order valence-electron chi connectivity index (χ2n) is 3.35. The van der Waals surface area contributed by atoms with E-state index in [1.165, 1.54) is 0 Å². The summed E-state index contributed by atoms with van der Waals surface area (Å²) in [6, 6.07) is 2.57. The molecule has 14 heavy (non-hydrogen) atoms. The number of nitrogens with one attached hydrogen (secondary N) is 1. The summed E-state index contributed by atoms with van der Waals surface area (Å²) in [7, 11) is 0. The zero-order valence-electron chi connectivity index (χ0n) is 7.59. The normalized spacial score (nSPS) is 16.7. The van der Waals surface area contributed by atoms with E-state index in [4.69, 9.17) is 4.42 Å². The minimum absolute atomic E-state index is 0.581. The molecule has 1 aliphatic carbocycles. The van der Waals surface area contributed by atoms with E-state index in [9.17, 15) is 0 Å². The molecule has 0 aromatic carbocycles. The molecule has 4 heteroatoms. The summed E-state index contributed by atoms with van der Waals surface area (Å²) in [6.45, 7) is 0.788. The van der Waals surface area contributed by atoms with E-state index >= 15 is 0 Å². The third-order valence-electron chi connectivity index (χ3n) is 2.27. The van der Waals surface area contributed by atoms with Gasteiger partial charge in [-0.3, -0.25) is 0 Å². The lowest BCUT2D eigenvalue weighted by Gasteiger charge is -2.09. The highest BCUT2D eigenvalue weighted by molar-refractivity contribution is 9.13. The minimum Gasteiger partial charge on any atom is -0.452 e. The zero-order chi connectivity index (χ0) is 9.97. The van der Waals surface area contributed by atoms with E-state index in [2.05, 4.69) is 49.3 Å². The molecule has 76 valence electrons. The van der Waals surface area contributed by atoms with Crippen molar-refractivity contribution >= 4 is 31.9 Å². The summed E-state index contributed by atoms with van der Waals surface area (Å²) in [6.07, 6.45) is 6.68. The molecule has 0 spiro atoms. The second-order valence-corrected chi connectivity index (χ2v) is 4.93. The van der Waals surface area contributed by atoms with Crippen LogP contribution in [-0.2, 0) is 6.54 Å². The van der Waals surface area contributed by atoms with Crippen LogP contribution in [0.3, 0.4) is 0 Å². The molecule has 1 aliphatic rings. The first-order valence-corrected chi connectivity index (χ1v) is 6.16. The van der Waals surface area contributed by atoms with E-state index in [0.29, 0.717) is 6.04 Å². The van der Waals surface area contributed by atoms with Crippen molar-refractivity contribution in [2.75, 3.05) is 0 Å². The lowest BCUT2D eigenvalue weighted by atomic mass is 10.2. The molecule has 0 aliphatic heterocycles. The average Bonchev–Trinajstić information content (AvgIpc) is 2.74. The fraction of sp³-hybridized carbons (Fsp3) is 0.400. The fourth-order valence-corrected chi connectivity index (χ4v) is 2.17. The van der Waals surface area contributed by atoms with Gasteiger partial charge in [0.15, 0.2) is 4.67 Å². The third kappa shape index (κ3) is 2.49. The maximum Gasteiger partial charge on any atom is 0.183 e. The van der Waals surface area contributed by atoms with Crippen molar-refractivity contribution < 1.29 is 4.42 Å². The summed E-state index contributed by atoms with van der Waals surface area (Å²) in [5, 5.41) is 3.44. The Hall–Kier alpha value is -0.0600. The standard InChI is InChI=1S/C10H11Br2NO/c11-9-5-8(14-10(9)12)6-13-7-3-1-2-4-7/h1-2,5,7,13H,3-4,6H2. The second kappa shape index (κ2) is 4.64. The van der Waals surface area contributed by atoms with Crippen LogP contribution in [0.15, 0.2) is 31.8 Å². The predicted molar refractivity (Wildman–Crippen MR) is 63.1 cm³/mol. The molecule has 1 aromatic heterocycles. The molecule has 0 atom stereocenters. The van der Waals surface area contributed by atoms with Crippen molar-refractivity contribution in [1.29, 1.82) is 0 Å². The highest BCUT2D eigenvalue weighted by Crippen LogP contribution is 2.26. The first kappa shape index (κ1) is 10.5. The molecule has 1 N–H and O–H groups in total. The molecule has 0 amide bonds. The molecule has 1 heterocycles. The number of hydrogen-bond acceptors (Lipinski definition) is 2. The quantitative estimate of drug-likeness (QED) is 0.861. The molecule has 0 fully saturated rings. The lowest BCUT2D eigenvalue weighted by Crippen LogP contribution is -2.25. The Morgan fingerprint density at radius 3 is 2.64 bits per heavy atom. The Morgan fingerprint density at radius 2 is 2.07 bits per heavy atom. The van der Waals surface area contributed by atoms with Crippen LogP contribution >= 0.6 is 31.9 Å². The molecular formula is C10H11Br2NO. The van der Waals surface area contributed by atoms with E-state index in [1.54, 1.807) is 0 Å². The van der Waals surface area contributed by atoms with Gasteiger partial charge in [-0.1, -0.05) is 12.2 Å². The number of furan rings is 1.